The van der Waals surface area contributed by atoms with Crippen LogP contribution in [0, 0.1) is 5.92 Å². The fourth-order valence-electron chi connectivity index (χ4n) is 1.51. The van der Waals surface area contributed by atoms with Gasteiger partial charge in [0.25, 0.3) is 0 Å². The van der Waals surface area contributed by atoms with E-state index in [1.54, 1.807) is 4.31 Å². The van der Waals surface area contributed by atoms with E-state index in [0.717, 1.165) is 6.42 Å². The molecule has 0 aromatic carbocycles. The molecular weight excluding hydrogens is 234 g/mol. The molecule has 1 aliphatic rings. The van der Waals surface area contributed by atoms with Gasteiger partial charge >= 0.3 is 0 Å². The fourth-order valence-corrected chi connectivity index (χ4v) is 3.47. The van der Waals surface area contributed by atoms with Crippen LogP contribution in [0.5, 0.6) is 0 Å². The predicted octanol–water partition coefficient (Wildman–Crippen LogP) is 1.84. The van der Waals surface area contributed by atoms with Gasteiger partial charge in [-0.3, -0.25) is 0 Å². The molecule has 0 bridgehead atoms. The summed E-state index contributed by atoms with van der Waals surface area (Å²) in [6.45, 7) is 5.02. The Bertz CT molecular complexity index is 337. The van der Waals surface area contributed by atoms with Crippen LogP contribution in [0.1, 0.15) is 20.3 Å². The summed E-state index contributed by atoms with van der Waals surface area (Å²) < 4.78 is 25.3. The normalized spacial score (nSPS) is 21.1. The molecule has 88 valence electrons. The zero-order valence-corrected chi connectivity index (χ0v) is 10.8. The molecule has 0 amide bonds. The van der Waals surface area contributed by atoms with Crippen LogP contribution in [0.4, 0.5) is 0 Å². The lowest BCUT2D eigenvalue weighted by Gasteiger charge is -2.25. The van der Waals surface area contributed by atoms with Gasteiger partial charge in [-0.05, 0) is 19.3 Å². The molecule has 5 heteroatoms. The Labute approximate surface area is 97.2 Å². The summed E-state index contributed by atoms with van der Waals surface area (Å²) in [4.78, 5) is 0. The second kappa shape index (κ2) is 5.32. The SMILES string of the molecule is CC1=CCN(S(=O)(=O)CC(C)CCl)CC1. The lowest BCUT2D eigenvalue weighted by molar-refractivity contribution is 0.427. The average Bonchev–Trinajstić information content (AvgIpc) is 2.17. The molecule has 0 radical (unpaired) electrons. The molecule has 0 saturated heterocycles. The first-order valence-corrected chi connectivity index (χ1v) is 7.29. The van der Waals surface area contributed by atoms with Crippen molar-refractivity contribution in [3.05, 3.63) is 11.6 Å². The Morgan fingerprint density at radius 2 is 2.27 bits per heavy atom. The van der Waals surface area contributed by atoms with Crippen LogP contribution in [-0.4, -0.2) is 37.4 Å². The third-order valence-electron chi connectivity index (χ3n) is 2.55. The molecule has 0 aliphatic carbocycles. The quantitative estimate of drug-likeness (QED) is 0.565. The van der Waals surface area contributed by atoms with Gasteiger partial charge in [-0.1, -0.05) is 18.6 Å². The molecule has 0 spiro atoms. The standard InChI is InChI=1S/C10H18ClNO2S/c1-9-3-5-12(6-4-9)15(13,14)8-10(2)7-11/h3,10H,4-8H2,1-2H3. The van der Waals surface area contributed by atoms with Gasteiger partial charge in [0, 0.05) is 19.0 Å². The van der Waals surface area contributed by atoms with Crippen LogP contribution >= 0.6 is 11.6 Å². The van der Waals surface area contributed by atoms with E-state index in [1.165, 1.54) is 5.57 Å². The number of sulfonamides is 1. The van der Waals surface area contributed by atoms with E-state index in [1.807, 2.05) is 19.9 Å². The predicted molar refractivity (Wildman–Crippen MR) is 63.6 cm³/mol. The highest BCUT2D eigenvalue weighted by Crippen LogP contribution is 2.15. The molecule has 0 saturated carbocycles. The highest BCUT2D eigenvalue weighted by Gasteiger charge is 2.24. The van der Waals surface area contributed by atoms with Gasteiger partial charge in [0.1, 0.15) is 0 Å². The first-order valence-electron chi connectivity index (χ1n) is 5.15. The van der Waals surface area contributed by atoms with Crippen LogP contribution in [0.15, 0.2) is 11.6 Å². The van der Waals surface area contributed by atoms with Gasteiger partial charge in [-0.15, -0.1) is 11.6 Å². The minimum Gasteiger partial charge on any atom is -0.212 e. The maximum atomic E-state index is 11.9. The fraction of sp³-hybridized carbons (Fsp3) is 0.800. The number of hydrogen-bond donors (Lipinski definition) is 0. The van der Waals surface area contributed by atoms with Crippen molar-refractivity contribution in [1.29, 1.82) is 0 Å². The van der Waals surface area contributed by atoms with E-state index >= 15 is 0 Å². The number of halogens is 1. The first kappa shape index (κ1) is 13.0. The maximum Gasteiger partial charge on any atom is 0.214 e. The molecule has 1 atom stereocenters. The largest absolute Gasteiger partial charge is 0.214 e. The molecule has 0 fully saturated rings. The molecule has 1 heterocycles. The Morgan fingerprint density at radius 3 is 2.73 bits per heavy atom. The van der Waals surface area contributed by atoms with Crippen molar-refractivity contribution in [3.8, 4) is 0 Å². The Morgan fingerprint density at radius 1 is 1.60 bits per heavy atom. The molecule has 0 N–H and O–H groups in total. The van der Waals surface area contributed by atoms with Crippen molar-refractivity contribution in [1.82, 2.24) is 4.31 Å². The second-order valence-electron chi connectivity index (χ2n) is 4.20. The number of alkyl halides is 1. The van der Waals surface area contributed by atoms with Crippen LogP contribution < -0.4 is 0 Å². The molecule has 1 unspecified atom stereocenters. The number of rotatable bonds is 4. The summed E-state index contributed by atoms with van der Waals surface area (Å²) in [5, 5.41) is 0. The van der Waals surface area contributed by atoms with Gasteiger partial charge in [0.05, 0.1) is 5.75 Å². The third-order valence-corrected chi connectivity index (χ3v) is 5.19. The van der Waals surface area contributed by atoms with Crippen molar-refractivity contribution in [2.75, 3.05) is 24.7 Å². The summed E-state index contributed by atoms with van der Waals surface area (Å²) in [5.74, 6) is 0.564. The minimum atomic E-state index is -3.11. The van der Waals surface area contributed by atoms with Gasteiger partial charge < -0.3 is 0 Å². The summed E-state index contributed by atoms with van der Waals surface area (Å²) in [6.07, 6.45) is 2.82. The van der Waals surface area contributed by atoms with E-state index in [9.17, 15) is 8.42 Å². The van der Waals surface area contributed by atoms with Crippen molar-refractivity contribution < 1.29 is 8.42 Å². The highest BCUT2D eigenvalue weighted by atomic mass is 35.5. The topological polar surface area (TPSA) is 37.4 Å². The van der Waals surface area contributed by atoms with E-state index in [-0.39, 0.29) is 11.7 Å². The summed E-state index contributed by atoms with van der Waals surface area (Å²) >= 11 is 5.63. The Balaban J connectivity index is 2.63. The van der Waals surface area contributed by atoms with Gasteiger partial charge in [-0.25, -0.2) is 8.42 Å². The van der Waals surface area contributed by atoms with Gasteiger partial charge in [0.2, 0.25) is 10.0 Å². The molecule has 15 heavy (non-hydrogen) atoms. The van der Waals surface area contributed by atoms with Crippen LogP contribution in [-0.2, 0) is 10.0 Å². The lowest BCUT2D eigenvalue weighted by Crippen LogP contribution is -2.37. The molecular formula is C10H18ClNO2S. The van der Waals surface area contributed by atoms with Gasteiger partial charge in [0.15, 0.2) is 0 Å². The summed E-state index contributed by atoms with van der Waals surface area (Å²) in [6, 6.07) is 0. The summed E-state index contributed by atoms with van der Waals surface area (Å²) in [5.41, 5.74) is 1.27. The van der Waals surface area contributed by atoms with Crippen molar-refractivity contribution in [2.24, 2.45) is 5.92 Å². The van der Waals surface area contributed by atoms with Crippen LogP contribution in [0.2, 0.25) is 0 Å². The smallest absolute Gasteiger partial charge is 0.212 e. The maximum absolute atomic E-state index is 11.9. The van der Waals surface area contributed by atoms with E-state index < -0.39 is 10.0 Å². The molecule has 1 rings (SSSR count). The summed E-state index contributed by atoms with van der Waals surface area (Å²) in [7, 11) is -3.11. The van der Waals surface area contributed by atoms with Crippen molar-refractivity contribution >= 4 is 21.6 Å². The molecule has 3 nitrogen and oxygen atoms in total. The zero-order chi connectivity index (χ0) is 11.5. The van der Waals surface area contributed by atoms with E-state index in [2.05, 4.69) is 0 Å². The monoisotopic (exact) mass is 251 g/mol. The van der Waals surface area contributed by atoms with Crippen LogP contribution in [0.25, 0.3) is 0 Å². The van der Waals surface area contributed by atoms with Crippen molar-refractivity contribution in [2.45, 2.75) is 20.3 Å². The Hall–Kier alpha value is -0.0600. The third kappa shape index (κ3) is 3.78. The van der Waals surface area contributed by atoms with E-state index in [0.29, 0.717) is 19.0 Å². The number of hydrogen-bond acceptors (Lipinski definition) is 2. The molecule has 0 aromatic rings. The molecule has 1 aliphatic heterocycles. The Kier molecular flexibility index (Phi) is 4.62. The lowest BCUT2D eigenvalue weighted by atomic mass is 10.1. The highest BCUT2D eigenvalue weighted by molar-refractivity contribution is 7.89. The van der Waals surface area contributed by atoms with Gasteiger partial charge in [-0.2, -0.15) is 4.31 Å². The van der Waals surface area contributed by atoms with Crippen LogP contribution in [0.3, 0.4) is 0 Å². The average molecular weight is 252 g/mol. The van der Waals surface area contributed by atoms with E-state index in [4.69, 9.17) is 11.6 Å². The zero-order valence-electron chi connectivity index (χ0n) is 9.24. The molecule has 0 aromatic heterocycles. The minimum absolute atomic E-state index is 0.0173. The second-order valence-corrected chi connectivity index (χ2v) is 6.52. The van der Waals surface area contributed by atoms with Crippen molar-refractivity contribution in [3.63, 3.8) is 0 Å². The number of nitrogens with zero attached hydrogens (tertiary/aromatic N) is 1. The first-order chi connectivity index (χ1) is 6.95.